The van der Waals surface area contributed by atoms with Gasteiger partial charge in [0.1, 0.15) is 17.4 Å². The highest BCUT2D eigenvalue weighted by molar-refractivity contribution is 6.31. The zero-order chi connectivity index (χ0) is 20.3. The van der Waals surface area contributed by atoms with Gasteiger partial charge in [0.15, 0.2) is 0 Å². The molecule has 27 heavy (non-hydrogen) atoms. The molecule has 1 amide bonds. The van der Waals surface area contributed by atoms with Gasteiger partial charge in [0.2, 0.25) is 5.91 Å². The molecule has 2 aromatic carbocycles. The number of benzene rings is 2. The summed E-state index contributed by atoms with van der Waals surface area (Å²) in [6.45, 7) is 5.04. The van der Waals surface area contributed by atoms with Gasteiger partial charge in [-0.25, -0.2) is 8.78 Å². The molecule has 0 saturated heterocycles. The van der Waals surface area contributed by atoms with Crippen LogP contribution in [-0.2, 0) is 11.2 Å². The quantitative estimate of drug-likeness (QED) is 0.673. The number of phenols is 1. The van der Waals surface area contributed by atoms with E-state index in [0.29, 0.717) is 11.1 Å². The highest BCUT2D eigenvalue weighted by atomic mass is 35.5. The third-order valence-corrected chi connectivity index (χ3v) is 4.81. The number of phenolic OH excluding ortho intramolecular Hbond substituents is 1. The molecular formula is C20H23ClF2N2O2. The maximum Gasteiger partial charge on any atom is 0.239 e. The zero-order valence-corrected chi connectivity index (χ0v) is 16.5. The van der Waals surface area contributed by atoms with Crippen molar-refractivity contribution in [2.24, 2.45) is 0 Å². The maximum atomic E-state index is 14.8. The molecule has 0 spiro atoms. The number of carbonyl (C=O) groups is 1. The Bertz CT molecular complexity index is 870. The molecule has 4 nitrogen and oxygen atoms in total. The van der Waals surface area contributed by atoms with Crippen molar-refractivity contribution in [3.63, 3.8) is 0 Å². The second-order valence-electron chi connectivity index (χ2n) is 6.65. The standard InChI is InChI=1S/C20H23ClF2N2O2/c1-10(2)18-16(26)6-5-12(20(18)23)7-13-11(3)19(22)15(8-14(13)21)25-9-17(27)24-4/h5-6,8,10,25-26H,7,9H2,1-4H3,(H,24,27). The second-order valence-corrected chi connectivity index (χ2v) is 7.06. The van der Waals surface area contributed by atoms with E-state index < -0.39 is 11.6 Å². The lowest BCUT2D eigenvalue weighted by Crippen LogP contribution is -2.26. The predicted octanol–water partition coefficient (Wildman–Crippen LogP) is 4.50. The largest absolute Gasteiger partial charge is 0.508 e. The third-order valence-electron chi connectivity index (χ3n) is 4.48. The first-order valence-corrected chi connectivity index (χ1v) is 8.97. The summed E-state index contributed by atoms with van der Waals surface area (Å²) in [7, 11) is 1.49. The molecule has 0 saturated carbocycles. The van der Waals surface area contributed by atoms with Crippen molar-refractivity contribution in [1.82, 2.24) is 5.32 Å². The van der Waals surface area contributed by atoms with Crippen LogP contribution in [0.15, 0.2) is 18.2 Å². The van der Waals surface area contributed by atoms with Crippen LogP contribution >= 0.6 is 11.6 Å². The fourth-order valence-corrected chi connectivity index (χ4v) is 3.22. The molecule has 0 aliphatic rings. The molecule has 2 aromatic rings. The van der Waals surface area contributed by atoms with Crippen molar-refractivity contribution in [3.05, 3.63) is 57.1 Å². The first-order chi connectivity index (χ1) is 12.7. The molecular weight excluding hydrogens is 374 g/mol. The molecule has 0 atom stereocenters. The molecule has 0 aliphatic carbocycles. The van der Waals surface area contributed by atoms with Crippen LogP contribution < -0.4 is 10.6 Å². The molecule has 3 N–H and O–H groups in total. The van der Waals surface area contributed by atoms with E-state index in [1.807, 2.05) is 0 Å². The molecule has 7 heteroatoms. The van der Waals surface area contributed by atoms with Crippen molar-refractivity contribution >= 4 is 23.2 Å². The van der Waals surface area contributed by atoms with Crippen LogP contribution in [0, 0.1) is 18.6 Å². The number of hydrogen-bond donors (Lipinski definition) is 3. The van der Waals surface area contributed by atoms with Crippen LogP contribution in [0.4, 0.5) is 14.5 Å². The summed E-state index contributed by atoms with van der Waals surface area (Å²) in [6, 6.07) is 4.30. The monoisotopic (exact) mass is 396 g/mol. The fourth-order valence-electron chi connectivity index (χ4n) is 2.90. The van der Waals surface area contributed by atoms with Gasteiger partial charge in [0, 0.05) is 24.1 Å². The van der Waals surface area contributed by atoms with Gasteiger partial charge < -0.3 is 15.7 Å². The minimum absolute atomic E-state index is 0.0865. The highest BCUT2D eigenvalue weighted by Crippen LogP contribution is 2.34. The lowest BCUT2D eigenvalue weighted by molar-refractivity contribution is -0.118. The Balaban J connectivity index is 2.39. The summed E-state index contributed by atoms with van der Waals surface area (Å²) in [5, 5.41) is 15.3. The molecule has 0 radical (unpaired) electrons. The lowest BCUT2D eigenvalue weighted by Gasteiger charge is -2.17. The van der Waals surface area contributed by atoms with Crippen molar-refractivity contribution in [2.75, 3.05) is 18.9 Å². The van der Waals surface area contributed by atoms with Gasteiger partial charge in [0.05, 0.1) is 12.2 Å². The minimum Gasteiger partial charge on any atom is -0.508 e. The number of nitrogens with one attached hydrogen (secondary N) is 2. The number of carbonyl (C=O) groups excluding carboxylic acids is 1. The van der Waals surface area contributed by atoms with Gasteiger partial charge >= 0.3 is 0 Å². The number of aromatic hydroxyl groups is 1. The van der Waals surface area contributed by atoms with Crippen LogP contribution in [0.3, 0.4) is 0 Å². The molecule has 0 bridgehead atoms. The molecule has 0 unspecified atom stereocenters. The van der Waals surface area contributed by atoms with Crippen molar-refractivity contribution < 1.29 is 18.7 Å². The summed E-state index contributed by atoms with van der Waals surface area (Å²) in [4.78, 5) is 11.3. The minimum atomic E-state index is -0.540. The summed E-state index contributed by atoms with van der Waals surface area (Å²) < 4.78 is 29.5. The van der Waals surface area contributed by atoms with Crippen LogP contribution in [0.25, 0.3) is 0 Å². The third kappa shape index (κ3) is 4.50. The molecule has 0 fully saturated rings. The van der Waals surface area contributed by atoms with Crippen molar-refractivity contribution in [3.8, 4) is 5.75 Å². The number of amides is 1. The Morgan fingerprint density at radius 2 is 1.93 bits per heavy atom. The van der Waals surface area contributed by atoms with E-state index >= 15 is 0 Å². The van der Waals surface area contributed by atoms with Crippen LogP contribution in [0.5, 0.6) is 5.75 Å². The maximum absolute atomic E-state index is 14.8. The van der Waals surface area contributed by atoms with Crippen LogP contribution in [0.1, 0.15) is 42.0 Å². The van der Waals surface area contributed by atoms with Gasteiger partial charge in [-0.2, -0.15) is 0 Å². The van der Waals surface area contributed by atoms with E-state index in [2.05, 4.69) is 10.6 Å². The smallest absolute Gasteiger partial charge is 0.239 e. The average Bonchev–Trinajstić information content (AvgIpc) is 2.61. The predicted molar refractivity (Wildman–Crippen MR) is 104 cm³/mol. The summed E-state index contributed by atoms with van der Waals surface area (Å²) in [6.07, 6.45) is 0.0865. The fraction of sp³-hybridized carbons (Fsp3) is 0.350. The van der Waals surface area contributed by atoms with Crippen LogP contribution in [-0.4, -0.2) is 24.6 Å². The Hall–Kier alpha value is -2.34. The molecule has 0 aliphatic heterocycles. The Labute approximate surface area is 162 Å². The summed E-state index contributed by atoms with van der Waals surface area (Å²) in [5.41, 5.74) is 1.40. The van der Waals surface area contributed by atoms with E-state index in [1.165, 1.54) is 25.2 Å². The number of anilines is 1. The van der Waals surface area contributed by atoms with E-state index in [0.717, 1.165) is 0 Å². The van der Waals surface area contributed by atoms with Gasteiger partial charge in [0.25, 0.3) is 0 Å². The van der Waals surface area contributed by atoms with Gasteiger partial charge in [-0.05, 0) is 41.7 Å². The van der Waals surface area contributed by atoms with E-state index in [-0.39, 0.29) is 52.4 Å². The first-order valence-electron chi connectivity index (χ1n) is 8.59. The SMILES string of the molecule is CNC(=O)CNc1cc(Cl)c(Cc2ccc(O)c(C(C)C)c2F)c(C)c1F. The summed E-state index contributed by atoms with van der Waals surface area (Å²) >= 11 is 6.31. The molecule has 0 aromatic heterocycles. The average molecular weight is 397 g/mol. The summed E-state index contributed by atoms with van der Waals surface area (Å²) in [5.74, 6) is -1.65. The molecule has 146 valence electrons. The Morgan fingerprint density at radius 3 is 2.52 bits per heavy atom. The highest BCUT2D eigenvalue weighted by Gasteiger charge is 2.20. The number of likely N-dealkylation sites (N-methyl/N-ethyl adjacent to an activating group) is 1. The van der Waals surface area contributed by atoms with Gasteiger partial charge in [-0.1, -0.05) is 31.5 Å². The second kappa shape index (κ2) is 8.57. The lowest BCUT2D eigenvalue weighted by atomic mass is 9.93. The van der Waals surface area contributed by atoms with Gasteiger partial charge in [-0.3, -0.25) is 4.79 Å². The number of halogens is 3. The number of hydrogen-bond acceptors (Lipinski definition) is 3. The van der Waals surface area contributed by atoms with Crippen molar-refractivity contribution in [2.45, 2.75) is 33.1 Å². The molecule has 2 rings (SSSR count). The topological polar surface area (TPSA) is 61.4 Å². The van der Waals surface area contributed by atoms with Gasteiger partial charge in [-0.15, -0.1) is 0 Å². The molecule has 0 heterocycles. The Kier molecular flexibility index (Phi) is 6.65. The van der Waals surface area contributed by atoms with E-state index in [4.69, 9.17) is 11.6 Å². The van der Waals surface area contributed by atoms with Crippen molar-refractivity contribution in [1.29, 1.82) is 0 Å². The zero-order valence-electron chi connectivity index (χ0n) is 15.7. The first kappa shape index (κ1) is 21.0. The Morgan fingerprint density at radius 1 is 1.26 bits per heavy atom. The number of rotatable bonds is 6. The van der Waals surface area contributed by atoms with E-state index in [9.17, 15) is 18.7 Å². The normalized spacial score (nSPS) is 11.0. The van der Waals surface area contributed by atoms with Crippen LogP contribution in [0.2, 0.25) is 5.02 Å². The van der Waals surface area contributed by atoms with E-state index in [1.54, 1.807) is 20.8 Å².